The molecule has 9 heavy (non-hydrogen) atoms. The molecule has 0 aromatic heterocycles. The Balaban J connectivity index is 2.24. The van der Waals surface area contributed by atoms with Crippen LogP contribution in [0, 0.1) is 5.92 Å². The molecule has 2 N–H and O–H groups in total. The molecule has 0 aromatic rings. The normalized spacial score (nSPS) is 30.7. The van der Waals surface area contributed by atoms with Crippen LogP contribution in [-0.2, 0) is 4.74 Å². The summed E-state index contributed by atoms with van der Waals surface area (Å²) in [5.74, 6) is 0.0648. The molecule has 54 valence electrons. The summed E-state index contributed by atoms with van der Waals surface area (Å²) in [5.41, 5.74) is 5.12. The van der Waals surface area contributed by atoms with E-state index in [4.69, 9.17) is 10.5 Å². The Labute approximate surface area is 54.2 Å². The molecular formula is C6H12FNO. The van der Waals surface area contributed by atoms with Gasteiger partial charge in [-0.25, -0.2) is 4.39 Å². The SMILES string of the molecule is NC[C@H](F)[C@H]1CCOC1. The molecule has 0 radical (unpaired) electrons. The van der Waals surface area contributed by atoms with Crippen LogP contribution in [0.2, 0.25) is 0 Å². The van der Waals surface area contributed by atoms with E-state index in [1.54, 1.807) is 0 Å². The smallest absolute Gasteiger partial charge is 0.117 e. The second-order valence-corrected chi connectivity index (χ2v) is 2.38. The Morgan fingerprint density at radius 2 is 2.56 bits per heavy atom. The fourth-order valence-electron chi connectivity index (χ4n) is 1.03. The van der Waals surface area contributed by atoms with E-state index in [2.05, 4.69) is 0 Å². The molecule has 0 unspecified atom stereocenters. The number of ether oxygens (including phenoxy) is 1. The first-order valence-corrected chi connectivity index (χ1v) is 3.26. The van der Waals surface area contributed by atoms with Crippen molar-refractivity contribution in [2.24, 2.45) is 11.7 Å². The number of alkyl halides is 1. The van der Waals surface area contributed by atoms with Gasteiger partial charge in [-0.1, -0.05) is 0 Å². The van der Waals surface area contributed by atoms with Crippen molar-refractivity contribution in [3.8, 4) is 0 Å². The van der Waals surface area contributed by atoms with Crippen LogP contribution in [0.5, 0.6) is 0 Å². The highest BCUT2D eigenvalue weighted by Gasteiger charge is 2.23. The minimum absolute atomic E-state index is 0.0648. The topological polar surface area (TPSA) is 35.2 Å². The zero-order valence-electron chi connectivity index (χ0n) is 5.35. The Hall–Kier alpha value is -0.150. The predicted molar refractivity (Wildman–Crippen MR) is 32.9 cm³/mol. The first-order chi connectivity index (χ1) is 4.34. The summed E-state index contributed by atoms with van der Waals surface area (Å²) in [6.45, 7) is 1.39. The van der Waals surface area contributed by atoms with Crippen LogP contribution in [0.1, 0.15) is 6.42 Å². The summed E-state index contributed by atoms with van der Waals surface area (Å²) < 4.78 is 17.6. The summed E-state index contributed by atoms with van der Waals surface area (Å²) in [6.07, 6.45) is -0.0225. The summed E-state index contributed by atoms with van der Waals surface area (Å²) >= 11 is 0. The zero-order valence-corrected chi connectivity index (χ0v) is 5.35. The largest absolute Gasteiger partial charge is 0.381 e. The Morgan fingerprint density at radius 3 is 3.00 bits per heavy atom. The Bertz CT molecular complexity index is 83.1. The minimum Gasteiger partial charge on any atom is -0.381 e. The molecule has 0 aromatic carbocycles. The van der Waals surface area contributed by atoms with Crippen molar-refractivity contribution in [3.05, 3.63) is 0 Å². The van der Waals surface area contributed by atoms with E-state index in [-0.39, 0.29) is 12.5 Å². The number of halogens is 1. The molecule has 0 saturated carbocycles. The maximum atomic E-state index is 12.6. The van der Waals surface area contributed by atoms with Crippen molar-refractivity contribution in [2.75, 3.05) is 19.8 Å². The zero-order chi connectivity index (χ0) is 6.69. The Morgan fingerprint density at radius 1 is 1.78 bits per heavy atom. The average molecular weight is 133 g/mol. The second-order valence-electron chi connectivity index (χ2n) is 2.38. The van der Waals surface area contributed by atoms with E-state index in [0.29, 0.717) is 13.2 Å². The van der Waals surface area contributed by atoms with Gasteiger partial charge in [-0.05, 0) is 6.42 Å². The van der Waals surface area contributed by atoms with Crippen LogP contribution < -0.4 is 5.73 Å². The van der Waals surface area contributed by atoms with Gasteiger partial charge < -0.3 is 10.5 Å². The van der Waals surface area contributed by atoms with Gasteiger partial charge in [-0.15, -0.1) is 0 Å². The standard InChI is InChI=1S/C6H12FNO/c7-6(3-8)5-1-2-9-4-5/h5-6H,1-4,8H2/t5-,6-/m0/s1. The molecule has 2 nitrogen and oxygen atoms in total. The lowest BCUT2D eigenvalue weighted by molar-refractivity contribution is 0.157. The van der Waals surface area contributed by atoms with Crippen LogP contribution in [0.4, 0.5) is 4.39 Å². The third kappa shape index (κ3) is 1.63. The van der Waals surface area contributed by atoms with Gasteiger partial charge in [0.1, 0.15) is 6.17 Å². The maximum Gasteiger partial charge on any atom is 0.117 e. The minimum atomic E-state index is -0.854. The average Bonchev–Trinajstić information content (AvgIpc) is 2.37. The third-order valence-electron chi connectivity index (χ3n) is 1.70. The van der Waals surface area contributed by atoms with Gasteiger partial charge in [0.25, 0.3) is 0 Å². The van der Waals surface area contributed by atoms with Crippen LogP contribution in [0.3, 0.4) is 0 Å². The summed E-state index contributed by atoms with van der Waals surface area (Å²) in [5, 5.41) is 0. The van der Waals surface area contributed by atoms with Gasteiger partial charge >= 0.3 is 0 Å². The molecule has 3 heteroatoms. The number of rotatable bonds is 2. The van der Waals surface area contributed by atoms with Crippen molar-refractivity contribution < 1.29 is 9.13 Å². The van der Waals surface area contributed by atoms with Gasteiger partial charge in [-0.2, -0.15) is 0 Å². The third-order valence-corrected chi connectivity index (χ3v) is 1.70. The van der Waals surface area contributed by atoms with E-state index in [0.717, 1.165) is 6.42 Å². The van der Waals surface area contributed by atoms with Crippen molar-refractivity contribution in [3.63, 3.8) is 0 Å². The van der Waals surface area contributed by atoms with Crippen LogP contribution in [0.15, 0.2) is 0 Å². The first-order valence-electron chi connectivity index (χ1n) is 3.26. The quantitative estimate of drug-likeness (QED) is 0.588. The van der Waals surface area contributed by atoms with E-state index in [1.807, 2.05) is 0 Å². The molecular weight excluding hydrogens is 121 g/mol. The monoisotopic (exact) mass is 133 g/mol. The summed E-state index contributed by atoms with van der Waals surface area (Å²) in [7, 11) is 0. The molecule has 1 aliphatic rings. The van der Waals surface area contributed by atoms with Gasteiger partial charge in [0, 0.05) is 19.1 Å². The highest BCUT2D eigenvalue weighted by Crippen LogP contribution is 2.17. The molecule has 1 rings (SSSR count). The number of hydrogen-bond donors (Lipinski definition) is 1. The summed E-state index contributed by atoms with van der Waals surface area (Å²) in [6, 6.07) is 0. The lowest BCUT2D eigenvalue weighted by atomic mass is 10.0. The number of nitrogens with two attached hydrogens (primary N) is 1. The van der Waals surface area contributed by atoms with Crippen molar-refractivity contribution in [2.45, 2.75) is 12.6 Å². The predicted octanol–water partition coefficient (Wildman–Crippen LogP) is 0.320. The molecule has 0 spiro atoms. The van der Waals surface area contributed by atoms with Gasteiger partial charge in [0.05, 0.1) is 6.61 Å². The van der Waals surface area contributed by atoms with Gasteiger partial charge in [0.2, 0.25) is 0 Å². The molecule has 2 atom stereocenters. The lowest BCUT2D eigenvalue weighted by Gasteiger charge is -2.09. The highest BCUT2D eigenvalue weighted by molar-refractivity contribution is 4.73. The van der Waals surface area contributed by atoms with Crippen LogP contribution >= 0.6 is 0 Å². The van der Waals surface area contributed by atoms with E-state index >= 15 is 0 Å². The molecule has 1 aliphatic heterocycles. The van der Waals surface area contributed by atoms with Crippen molar-refractivity contribution in [1.29, 1.82) is 0 Å². The molecule has 0 bridgehead atoms. The van der Waals surface area contributed by atoms with Gasteiger partial charge in [0.15, 0.2) is 0 Å². The Kier molecular flexibility index (Phi) is 2.42. The molecule has 1 heterocycles. The van der Waals surface area contributed by atoms with Crippen molar-refractivity contribution >= 4 is 0 Å². The summed E-state index contributed by atoms with van der Waals surface area (Å²) in [4.78, 5) is 0. The molecule has 1 saturated heterocycles. The highest BCUT2D eigenvalue weighted by atomic mass is 19.1. The lowest BCUT2D eigenvalue weighted by Crippen LogP contribution is -2.24. The van der Waals surface area contributed by atoms with Crippen LogP contribution in [-0.4, -0.2) is 25.9 Å². The molecule has 1 fully saturated rings. The maximum absolute atomic E-state index is 12.6. The number of hydrogen-bond acceptors (Lipinski definition) is 2. The van der Waals surface area contributed by atoms with E-state index < -0.39 is 6.17 Å². The van der Waals surface area contributed by atoms with Crippen LogP contribution in [0.25, 0.3) is 0 Å². The van der Waals surface area contributed by atoms with Crippen molar-refractivity contribution in [1.82, 2.24) is 0 Å². The molecule has 0 aliphatic carbocycles. The fraction of sp³-hybridized carbons (Fsp3) is 1.00. The van der Waals surface area contributed by atoms with E-state index in [9.17, 15) is 4.39 Å². The second kappa shape index (κ2) is 3.13. The fourth-order valence-corrected chi connectivity index (χ4v) is 1.03. The molecule has 0 amide bonds. The van der Waals surface area contributed by atoms with Gasteiger partial charge in [-0.3, -0.25) is 0 Å². The van der Waals surface area contributed by atoms with E-state index in [1.165, 1.54) is 0 Å². The first kappa shape index (κ1) is 6.96.